The van der Waals surface area contributed by atoms with Crippen molar-refractivity contribution in [2.45, 2.75) is 18.6 Å². The molecule has 1 N–H and O–H groups in total. The van der Waals surface area contributed by atoms with Crippen LogP contribution in [0.25, 0.3) is 0 Å². The SMILES string of the molecule is O=C(O)CC1COCCN1C(=O)c1ccc(OCC(F)(F)F)nc1. The van der Waals surface area contributed by atoms with E-state index in [2.05, 4.69) is 9.72 Å². The molecule has 1 atom stereocenters. The summed E-state index contributed by atoms with van der Waals surface area (Å²) < 4.78 is 45.8. The highest BCUT2D eigenvalue weighted by atomic mass is 19.4. The number of alkyl halides is 3. The van der Waals surface area contributed by atoms with Crippen LogP contribution < -0.4 is 4.74 Å². The number of carbonyl (C=O) groups is 2. The van der Waals surface area contributed by atoms with Gasteiger partial charge in [-0.05, 0) is 6.07 Å². The van der Waals surface area contributed by atoms with E-state index in [1.165, 1.54) is 11.0 Å². The smallest absolute Gasteiger partial charge is 0.422 e. The van der Waals surface area contributed by atoms with Crippen LogP contribution in [0.15, 0.2) is 18.3 Å². The van der Waals surface area contributed by atoms with Gasteiger partial charge < -0.3 is 19.5 Å². The first kappa shape index (κ1) is 18.0. The van der Waals surface area contributed by atoms with Gasteiger partial charge in [-0.25, -0.2) is 4.98 Å². The van der Waals surface area contributed by atoms with E-state index in [0.29, 0.717) is 0 Å². The molecule has 0 spiro atoms. The van der Waals surface area contributed by atoms with Gasteiger partial charge in [0.25, 0.3) is 5.91 Å². The fourth-order valence-corrected chi connectivity index (χ4v) is 2.21. The zero-order chi connectivity index (χ0) is 17.7. The minimum Gasteiger partial charge on any atom is -0.481 e. The van der Waals surface area contributed by atoms with Gasteiger partial charge >= 0.3 is 12.1 Å². The van der Waals surface area contributed by atoms with Crippen LogP contribution in [0.1, 0.15) is 16.8 Å². The van der Waals surface area contributed by atoms with Crippen molar-refractivity contribution < 1.29 is 37.3 Å². The molecule has 24 heavy (non-hydrogen) atoms. The fourth-order valence-electron chi connectivity index (χ4n) is 2.21. The molecule has 2 rings (SSSR count). The van der Waals surface area contributed by atoms with Crippen LogP contribution in [0.4, 0.5) is 13.2 Å². The van der Waals surface area contributed by atoms with E-state index in [9.17, 15) is 22.8 Å². The van der Waals surface area contributed by atoms with E-state index in [0.717, 1.165) is 12.3 Å². The van der Waals surface area contributed by atoms with Gasteiger partial charge in [-0.15, -0.1) is 0 Å². The van der Waals surface area contributed by atoms with Gasteiger partial charge in [0.2, 0.25) is 5.88 Å². The third kappa shape index (κ3) is 5.08. The van der Waals surface area contributed by atoms with Crippen molar-refractivity contribution in [1.82, 2.24) is 9.88 Å². The Morgan fingerprint density at radius 3 is 2.75 bits per heavy atom. The number of aliphatic carboxylic acids is 1. The maximum absolute atomic E-state index is 12.4. The lowest BCUT2D eigenvalue weighted by Crippen LogP contribution is -2.49. The van der Waals surface area contributed by atoms with Crippen LogP contribution in [0.3, 0.4) is 0 Å². The summed E-state index contributed by atoms with van der Waals surface area (Å²) in [4.78, 5) is 28.3. The summed E-state index contributed by atoms with van der Waals surface area (Å²) in [6.07, 6.45) is -3.64. The van der Waals surface area contributed by atoms with Crippen LogP contribution in [0, 0.1) is 0 Å². The highest BCUT2D eigenvalue weighted by Crippen LogP contribution is 2.19. The molecule has 1 aliphatic heterocycles. The molecule has 1 amide bonds. The van der Waals surface area contributed by atoms with Crippen LogP contribution >= 0.6 is 0 Å². The minimum absolute atomic E-state index is 0.109. The lowest BCUT2D eigenvalue weighted by atomic mass is 10.1. The molecule has 1 saturated heterocycles. The van der Waals surface area contributed by atoms with Crippen LogP contribution in [-0.2, 0) is 9.53 Å². The Labute approximate surface area is 135 Å². The molecule has 7 nitrogen and oxygen atoms in total. The van der Waals surface area contributed by atoms with E-state index in [1.54, 1.807) is 0 Å². The van der Waals surface area contributed by atoms with Crippen molar-refractivity contribution in [3.63, 3.8) is 0 Å². The second-order valence-corrected chi connectivity index (χ2v) is 5.11. The largest absolute Gasteiger partial charge is 0.481 e. The number of amides is 1. The molecule has 0 bridgehead atoms. The quantitative estimate of drug-likeness (QED) is 0.864. The van der Waals surface area contributed by atoms with E-state index in [-0.39, 0.29) is 37.6 Å². The normalized spacial score (nSPS) is 18.3. The van der Waals surface area contributed by atoms with Crippen LogP contribution in [0.5, 0.6) is 5.88 Å². The van der Waals surface area contributed by atoms with Gasteiger partial charge in [0.15, 0.2) is 6.61 Å². The van der Waals surface area contributed by atoms with Crippen molar-refractivity contribution >= 4 is 11.9 Å². The van der Waals surface area contributed by atoms with Crippen molar-refractivity contribution in [3.05, 3.63) is 23.9 Å². The minimum atomic E-state index is -4.48. The van der Waals surface area contributed by atoms with Crippen molar-refractivity contribution in [1.29, 1.82) is 0 Å². The lowest BCUT2D eigenvalue weighted by Gasteiger charge is -2.34. The molecule has 0 aromatic carbocycles. The number of halogens is 3. The van der Waals surface area contributed by atoms with Crippen LogP contribution in [0.2, 0.25) is 0 Å². The molecule has 0 saturated carbocycles. The average Bonchev–Trinajstić information content (AvgIpc) is 2.52. The predicted octanol–water partition coefficient (Wildman–Crippen LogP) is 1.34. The summed E-state index contributed by atoms with van der Waals surface area (Å²) in [5, 5.41) is 8.88. The number of aromatic nitrogens is 1. The number of pyridine rings is 1. The zero-order valence-electron chi connectivity index (χ0n) is 12.5. The summed E-state index contributed by atoms with van der Waals surface area (Å²) in [6.45, 7) is -0.860. The summed E-state index contributed by atoms with van der Waals surface area (Å²) in [6, 6.07) is 1.84. The van der Waals surface area contributed by atoms with E-state index in [4.69, 9.17) is 9.84 Å². The lowest BCUT2D eigenvalue weighted by molar-refractivity contribution is -0.154. The topological polar surface area (TPSA) is 89.0 Å². The molecule has 1 aromatic heterocycles. The number of carbonyl (C=O) groups excluding carboxylic acids is 1. The number of hydrogen-bond donors (Lipinski definition) is 1. The van der Waals surface area contributed by atoms with E-state index in [1.807, 2.05) is 0 Å². The first-order valence-electron chi connectivity index (χ1n) is 7.02. The number of morpholine rings is 1. The Kier molecular flexibility index (Phi) is 5.60. The summed E-state index contributed by atoms with van der Waals surface area (Å²) in [5.41, 5.74) is 0.131. The Morgan fingerprint density at radius 2 is 2.17 bits per heavy atom. The summed E-state index contributed by atoms with van der Waals surface area (Å²) in [7, 11) is 0. The van der Waals surface area contributed by atoms with Crippen molar-refractivity contribution in [3.8, 4) is 5.88 Å². The van der Waals surface area contributed by atoms with Crippen molar-refractivity contribution in [2.24, 2.45) is 0 Å². The Morgan fingerprint density at radius 1 is 1.42 bits per heavy atom. The Balaban J connectivity index is 2.04. The molecular formula is C14H15F3N2O5. The van der Waals surface area contributed by atoms with Gasteiger partial charge in [0.1, 0.15) is 0 Å². The number of rotatable bonds is 5. The molecule has 0 aliphatic carbocycles. The molecule has 1 unspecified atom stereocenters. The van der Waals surface area contributed by atoms with Crippen molar-refractivity contribution in [2.75, 3.05) is 26.4 Å². The van der Waals surface area contributed by atoms with Gasteiger partial charge in [0.05, 0.1) is 31.2 Å². The third-order valence-corrected chi connectivity index (χ3v) is 3.27. The predicted molar refractivity (Wildman–Crippen MR) is 73.7 cm³/mol. The molecular weight excluding hydrogens is 333 g/mol. The molecule has 1 fully saturated rings. The first-order chi connectivity index (χ1) is 11.3. The molecule has 1 aromatic rings. The highest BCUT2D eigenvalue weighted by Gasteiger charge is 2.30. The number of hydrogen-bond acceptors (Lipinski definition) is 5. The highest BCUT2D eigenvalue weighted by molar-refractivity contribution is 5.94. The van der Waals surface area contributed by atoms with Crippen LogP contribution in [-0.4, -0.2) is 65.5 Å². The summed E-state index contributed by atoms with van der Waals surface area (Å²) >= 11 is 0. The summed E-state index contributed by atoms with van der Waals surface area (Å²) in [5.74, 6) is -1.77. The molecule has 10 heteroatoms. The number of ether oxygens (including phenoxy) is 2. The van der Waals surface area contributed by atoms with E-state index >= 15 is 0 Å². The standard InChI is InChI=1S/C14H15F3N2O5/c15-14(16,17)8-24-11-2-1-9(6-18-11)13(22)19-3-4-23-7-10(19)5-12(20)21/h1-2,6,10H,3-5,7-8H2,(H,20,21). The zero-order valence-corrected chi connectivity index (χ0v) is 12.5. The number of carboxylic acids is 1. The maximum atomic E-state index is 12.4. The second-order valence-electron chi connectivity index (χ2n) is 5.11. The Bertz CT molecular complexity index is 591. The molecule has 1 aliphatic rings. The first-order valence-corrected chi connectivity index (χ1v) is 7.02. The molecule has 132 valence electrons. The third-order valence-electron chi connectivity index (χ3n) is 3.27. The molecule has 2 heterocycles. The monoisotopic (exact) mass is 348 g/mol. The van der Waals surface area contributed by atoms with Gasteiger partial charge in [-0.1, -0.05) is 0 Å². The number of carboxylic acid groups (broad SMARTS) is 1. The molecule has 0 radical (unpaired) electrons. The number of nitrogens with zero attached hydrogens (tertiary/aromatic N) is 2. The average molecular weight is 348 g/mol. The maximum Gasteiger partial charge on any atom is 0.422 e. The van der Waals surface area contributed by atoms with Gasteiger partial charge in [-0.3, -0.25) is 9.59 Å². The van der Waals surface area contributed by atoms with Gasteiger partial charge in [0, 0.05) is 18.8 Å². The fraction of sp³-hybridized carbons (Fsp3) is 0.500. The van der Waals surface area contributed by atoms with E-state index < -0.39 is 30.7 Å². The second kappa shape index (κ2) is 7.47. The Hall–Kier alpha value is -2.36. The van der Waals surface area contributed by atoms with Gasteiger partial charge in [-0.2, -0.15) is 13.2 Å².